The Morgan fingerprint density at radius 2 is 1.82 bits per heavy atom. The third-order valence-electron chi connectivity index (χ3n) is 8.44. The van der Waals surface area contributed by atoms with Gasteiger partial charge < -0.3 is 5.32 Å². The average Bonchev–Trinajstić information content (AvgIpc) is 2.77. The molecule has 1 aliphatic heterocycles. The highest BCUT2D eigenvalue weighted by Crippen LogP contribution is 2.55. The Morgan fingerprint density at radius 3 is 2.50 bits per heavy atom. The van der Waals surface area contributed by atoms with Crippen LogP contribution in [0.15, 0.2) is 23.0 Å². The zero-order valence-corrected chi connectivity index (χ0v) is 19.5. The molecule has 2 heterocycles. The fourth-order valence-corrected chi connectivity index (χ4v) is 7.45. The number of nitrogens with zero attached hydrogens (tertiary/aromatic N) is 2. The fraction of sp³-hybridized carbons (Fsp3) is 0.556. The normalized spacial score (nSPS) is 31.9. The van der Waals surface area contributed by atoms with Gasteiger partial charge in [0.25, 0.3) is 5.56 Å². The second kappa shape index (κ2) is 8.06. The van der Waals surface area contributed by atoms with Crippen LogP contribution in [0.25, 0.3) is 10.9 Å². The molecule has 0 spiro atoms. The number of rotatable bonds is 3. The topological polar surface area (TPSA) is 93.1 Å². The molecular weight excluding hydrogens is 428 g/mol. The molecule has 4 bridgehead atoms. The average molecular weight is 459 g/mol. The van der Waals surface area contributed by atoms with E-state index in [2.05, 4.69) is 27.5 Å². The standard InChI is InChI=1S/C27H30N4O3/c1-16-29-21-6-2-4-20(24(21)26(34)31(16)22-7-8-23(32)30-25(22)33)5-3-9-28-27-13-17-10-18(14-27)12-19(11-17)15-27/h2,4,6,17-19,22,28H,7-15H2,1H3,(H,30,32,33). The number of fused-ring (bicyclic) bond motifs is 1. The predicted octanol–water partition coefficient (Wildman–Crippen LogP) is 2.59. The molecule has 7 rings (SSSR count). The number of hydrogen-bond donors (Lipinski definition) is 2. The molecule has 1 saturated heterocycles. The molecular formula is C27H30N4O3. The Kier molecular flexibility index (Phi) is 5.11. The van der Waals surface area contributed by atoms with Crippen molar-refractivity contribution in [2.45, 2.75) is 69.9 Å². The SMILES string of the molecule is Cc1nc2cccc(C#CCNC34CC5CC(CC(C5)C3)C4)c2c(=O)n1C1CCC(=O)NC1=O. The van der Waals surface area contributed by atoms with Crippen LogP contribution in [0.2, 0.25) is 0 Å². The van der Waals surface area contributed by atoms with E-state index in [1.807, 2.05) is 12.1 Å². The Balaban J connectivity index is 1.28. The van der Waals surface area contributed by atoms with E-state index in [1.54, 1.807) is 13.0 Å². The van der Waals surface area contributed by atoms with Crippen molar-refractivity contribution < 1.29 is 9.59 Å². The van der Waals surface area contributed by atoms with Crippen LogP contribution >= 0.6 is 0 Å². The molecule has 5 aliphatic rings. The third-order valence-corrected chi connectivity index (χ3v) is 8.44. The molecule has 1 unspecified atom stereocenters. The summed E-state index contributed by atoms with van der Waals surface area (Å²) in [5.74, 6) is 8.81. The second-order valence-electron chi connectivity index (χ2n) is 10.9. The van der Waals surface area contributed by atoms with Gasteiger partial charge >= 0.3 is 0 Å². The monoisotopic (exact) mass is 458 g/mol. The smallest absolute Gasteiger partial charge is 0.263 e. The highest BCUT2D eigenvalue weighted by Gasteiger charge is 2.50. The molecule has 5 fully saturated rings. The number of amides is 2. The highest BCUT2D eigenvalue weighted by molar-refractivity contribution is 5.99. The lowest BCUT2D eigenvalue weighted by atomic mass is 9.53. The summed E-state index contributed by atoms with van der Waals surface area (Å²) >= 11 is 0. The van der Waals surface area contributed by atoms with Crippen molar-refractivity contribution in [3.05, 3.63) is 39.9 Å². The number of piperidine rings is 1. The summed E-state index contributed by atoms with van der Waals surface area (Å²) < 4.78 is 1.42. The lowest BCUT2D eigenvalue weighted by molar-refractivity contribution is -0.135. The molecule has 1 aromatic heterocycles. The fourth-order valence-electron chi connectivity index (χ4n) is 7.45. The molecule has 1 aromatic carbocycles. The maximum atomic E-state index is 13.5. The van der Waals surface area contributed by atoms with Crippen LogP contribution in [0.4, 0.5) is 0 Å². The Bertz CT molecular complexity index is 1280. The first-order chi connectivity index (χ1) is 16.4. The van der Waals surface area contributed by atoms with E-state index in [1.165, 1.54) is 43.1 Å². The van der Waals surface area contributed by atoms with Crippen molar-refractivity contribution in [1.82, 2.24) is 20.2 Å². The molecule has 4 aliphatic carbocycles. The number of aromatic nitrogens is 2. The van der Waals surface area contributed by atoms with Gasteiger partial charge in [-0.25, -0.2) is 4.98 Å². The van der Waals surface area contributed by atoms with Crippen LogP contribution in [0.1, 0.15) is 68.8 Å². The van der Waals surface area contributed by atoms with E-state index in [0.29, 0.717) is 35.3 Å². The summed E-state index contributed by atoms with van der Waals surface area (Å²) in [6.07, 6.45) is 8.55. The van der Waals surface area contributed by atoms with Gasteiger partial charge in [-0.2, -0.15) is 0 Å². The van der Waals surface area contributed by atoms with E-state index in [0.717, 1.165) is 17.8 Å². The summed E-state index contributed by atoms with van der Waals surface area (Å²) in [7, 11) is 0. The minimum Gasteiger partial charge on any atom is -0.301 e. The summed E-state index contributed by atoms with van der Waals surface area (Å²) in [5, 5.41) is 6.55. The minimum atomic E-state index is -0.735. The van der Waals surface area contributed by atoms with Crippen molar-refractivity contribution in [3.8, 4) is 11.8 Å². The van der Waals surface area contributed by atoms with Gasteiger partial charge in [-0.1, -0.05) is 17.9 Å². The zero-order valence-electron chi connectivity index (χ0n) is 19.5. The number of carbonyl (C=O) groups is 2. The van der Waals surface area contributed by atoms with Crippen molar-refractivity contribution >= 4 is 22.7 Å². The Labute approximate surface area is 198 Å². The van der Waals surface area contributed by atoms with Gasteiger partial charge in [0, 0.05) is 17.5 Å². The van der Waals surface area contributed by atoms with Gasteiger partial charge in [0.1, 0.15) is 11.9 Å². The van der Waals surface area contributed by atoms with E-state index in [4.69, 9.17) is 0 Å². The molecule has 7 nitrogen and oxygen atoms in total. The lowest BCUT2D eigenvalue weighted by Crippen LogP contribution is -2.58. The number of hydrogen-bond acceptors (Lipinski definition) is 5. The molecule has 4 saturated carbocycles. The van der Waals surface area contributed by atoms with E-state index in [-0.39, 0.29) is 23.4 Å². The van der Waals surface area contributed by atoms with Gasteiger partial charge in [-0.05, 0) is 81.8 Å². The summed E-state index contributed by atoms with van der Waals surface area (Å²) in [5.41, 5.74) is 1.17. The van der Waals surface area contributed by atoms with Crippen molar-refractivity contribution in [2.24, 2.45) is 17.8 Å². The number of imide groups is 1. The summed E-state index contributed by atoms with van der Waals surface area (Å²) in [6, 6.07) is 4.77. The number of nitrogens with one attached hydrogen (secondary N) is 2. The lowest BCUT2D eigenvalue weighted by Gasteiger charge is -2.57. The van der Waals surface area contributed by atoms with Crippen LogP contribution < -0.4 is 16.2 Å². The largest absolute Gasteiger partial charge is 0.301 e. The molecule has 2 amide bonds. The van der Waals surface area contributed by atoms with Crippen LogP contribution in [-0.4, -0.2) is 33.4 Å². The first kappa shape index (κ1) is 21.5. The second-order valence-corrected chi connectivity index (χ2v) is 10.9. The first-order valence-corrected chi connectivity index (χ1v) is 12.5. The zero-order chi connectivity index (χ0) is 23.4. The molecule has 1 atom stereocenters. The Hall–Kier alpha value is -2.98. The maximum absolute atomic E-state index is 13.5. The van der Waals surface area contributed by atoms with Gasteiger partial charge in [0.15, 0.2) is 0 Å². The summed E-state index contributed by atoms with van der Waals surface area (Å²) in [4.78, 5) is 42.2. The molecule has 2 N–H and O–H groups in total. The van der Waals surface area contributed by atoms with Crippen molar-refractivity contribution in [1.29, 1.82) is 0 Å². The van der Waals surface area contributed by atoms with E-state index >= 15 is 0 Å². The van der Waals surface area contributed by atoms with Gasteiger partial charge in [-0.3, -0.25) is 24.3 Å². The van der Waals surface area contributed by atoms with Crippen LogP contribution in [0.5, 0.6) is 0 Å². The molecule has 0 radical (unpaired) electrons. The van der Waals surface area contributed by atoms with Gasteiger partial charge in [0.2, 0.25) is 11.8 Å². The number of aryl methyl sites for hydroxylation is 1. The van der Waals surface area contributed by atoms with E-state index in [9.17, 15) is 14.4 Å². The van der Waals surface area contributed by atoms with Crippen LogP contribution in [0, 0.1) is 36.5 Å². The van der Waals surface area contributed by atoms with Crippen LogP contribution in [0.3, 0.4) is 0 Å². The summed E-state index contributed by atoms with van der Waals surface area (Å²) in [6.45, 7) is 2.32. The molecule has 2 aromatic rings. The molecule has 176 valence electrons. The van der Waals surface area contributed by atoms with Gasteiger partial charge in [0.05, 0.1) is 17.4 Å². The molecule has 7 heteroatoms. The first-order valence-electron chi connectivity index (χ1n) is 12.5. The van der Waals surface area contributed by atoms with E-state index < -0.39 is 11.9 Å². The van der Waals surface area contributed by atoms with Crippen LogP contribution in [-0.2, 0) is 9.59 Å². The highest BCUT2D eigenvalue weighted by atomic mass is 16.2. The Morgan fingerprint density at radius 1 is 1.12 bits per heavy atom. The maximum Gasteiger partial charge on any atom is 0.263 e. The van der Waals surface area contributed by atoms with Gasteiger partial charge in [-0.15, -0.1) is 0 Å². The quantitative estimate of drug-likeness (QED) is 0.545. The van der Waals surface area contributed by atoms with Crippen molar-refractivity contribution in [3.63, 3.8) is 0 Å². The third kappa shape index (κ3) is 3.65. The van der Waals surface area contributed by atoms with Crippen molar-refractivity contribution in [2.75, 3.05) is 6.54 Å². The molecule has 34 heavy (non-hydrogen) atoms. The minimum absolute atomic E-state index is 0.206. The number of carbonyl (C=O) groups excluding carboxylic acids is 2. The number of benzene rings is 1. The predicted molar refractivity (Wildman–Crippen MR) is 128 cm³/mol.